The summed E-state index contributed by atoms with van der Waals surface area (Å²) in [4.78, 5) is 18.3. The topological polar surface area (TPSA) is 130 Å². The molecule has 0 saturated carbocycles. The Morgan fingerprint density at radius 2 is 2.10 bits per heavy atom. The van der Waals surface area contributed by atoms with Crippen LogP contribution < -0.4 is 11.3 Å². The molecule has 0 atom stereocenters. The third-order valence-corrected chi connectivity index (χ3v) is 3.69. The van der Waals surface area contributed by atoms with Crippen molar-refractivity contribution in [3.8, 4) is 0 Å². The maximum absolute atomic E-state index is 11.5. The Bertz CT molecular complexity index is 771. The van der Waals surface area contributed by atoms with Gasteiger partial charge in [-0.05, 0) is 38.1 Å². The molecule has 21 heavy (non-hydrogen) atoms. The number of H-pyrrole nitrogens is 1. The van der Waals surface area contributed by atoms with E-state index in [1.54, 1.807) is 20.8 Å². The predicted octanol–water partition coefficient (Wildman–Crippen LogP) is 0.731. The Labute approximate surface area is 124 Å². The number of nitrogens with one attached hydrogen (secondary N) is 1. The molecule has 0 bridgehead atoms. The zero-order valence-corrected chi connectivity index (χ0v) is 12.5. The van der Waals surface area contributed by atoms with Crippen molar-refractivity contribution in [2.24, 2.45) is 10.9 Å². The van der Waals surface area contributed by atoms with Crippen LogP contribution in [0.2, 0.25) is 0 Å². The van der Waals surface area contributed by atoms with Crippen LogP contribution in [-0.4, -0.2) is 31.2 Å². The van der Waals surface area contributed by atoms with Gasteiger partial charge in [-0.2, -0.15) is 5.10 Å². The summed E-state index contributed by atoms with van der Waals surface area (Å²) >= 11 is 1.10. The number of aromatic amines is 1. The minimum Gasteiger partial charge on any atom is -0.409 e. The lowest BCUT2D eigenvalue weighted by Crippen LogP contribution is -2.18. The summed E-state index contributed by atoms with van der Waals surface area (Å²) in [5.74, 6) is -0.0667. The van der Waals surface area contributed by atoms with E-state index in [0.717, 1.165) is 17.3 Å². The van der Waals surface area contributed by atoms with E-state index in [1.807, 2.05) is 0 Å². The van der Waals surface area contributed by atoms with E-state index in [4.69, 9.17) is 10.9 Å². The Balaban J connectivity index is 2.54. The molecule has 8 nitrogen and oxygen atoms in total. The van der Waals surface area contributed by atoms with Crippen LogP contribution in [0.4, 0.5) is 0 Å². The predicted molar refractivity (Wildman–Crippen MR) is 77.7 cm³/mol. The SMILES string of the molecule is Cc1cc(=O)[nH]c(Sc2nnc(C)c(C)c2/C(N)=N/O)n1. The second kappa shape index (κ2) is 5.92. The molecule has 0 spiro atoms. The van der Waals surface area contributed by atoms with Crippen molar-refractivity contribution in [2.75, 3.05) is 0 Å². The fraction of sp³-hybridized carbons (Fsp3) is 0.250. The quantitative estimate of drug-likeness (QED) is 0.250. The third-order valence-electron chi connectivity index (χ3n) is 2.83. The van der Waals surface area contributed by atoms with E-state index in [0.29, 0.717) is 27.1 Å². The first-order chi connectivity index (χ1) is 9.92. The van der Waals surface area contributed by atoms with E-state index in [2.05, 4.69) is 25.3 Å². The molecule has 4 N–H and O–H groups in total. The Kier molecular flexibility index (Phi) is 4.22. The van der Waals surface area contributed by atoms with E-state index in [9.17, 15) is 4.79 Å². The molecule has 0 unspecified atom stereocenters. The third kappa shape index (κ3) is 3.19. The standard InChI is InChI=1S/C12H14N6O2S/c1-5-4-8(19)15-12(14-5)21-11-9(10(13)18-20)6(2)7(3)16-17-11/h4,20H,1-3H3,(H2,13,18)(H,14,15,19). The van der Waals surface area contributed by atoms with Gasteiger partial charge in [-0.25, -0.2) is 4.98 Å². The smallest absolute Gasteiger partial charge is 0.251 e. The van der Waals surface area contributed by atoms with Crippen LogP contribution in [0, 0.1) is 20.8 Å². The summed E-state index contributed by atoms with van der Waals surface area (Å²) < 4.78 is 0. The number of hydrogen-bond donors (Lipinski definition) is 3. The number of aromatic nitrogens is 4. The van der Waals surface area contributed by atoms with Crippen LogP contribution in [0.3, 0.4) is 0 Å². The highest BCUT2D eigenvalue weighted by atomic mass is 32.2. The van der Waals surface area contributed by atoms with Gasteiger partial charge in [-0.15, -0.1) is 5.10 Å². The fourth-order valence-corrected chi connectivity index (χ4v) is 2.67. The van der Waals surface area contributed by atoms with E-state index in [-0.39, 0.29) is 11.4 Å². The average Bonchev–Trinajstić information content (AvgIpc) is 2.41. The largest absolute Gasteiger partial charge is 0.409 e. The Morgan fingerprint density at radius 1 is 1.38 bits per heavy atom. The molecule has 0 aliphatic rings. The lowest BCUT2D eigenvalue weighted by Gasteiger charge is -2.10. The number of oxime groups is 1. The van der Waals surface area contributed by atoms with Crippen LogP contribution >= 0.6 is 11.8 Å². The molecule has 0 fully saturated rings. The lowest BCUT2D eigenvalue weighted by molar-refractivity contribution is 0.318. The van der Waals surface area contributed by atoms with Crippen molar-refractivity contribution in [2.45, 2.75) is 31.0 Å². The lowest BCUT2D eigenvalue weighted by atomic mass is 10.1. The van der Waals surface area contributed by atoms with Gasteiger partial charge >= 0.3 is 0 Å². The summed E-state index contributed by atoms with van der Waals surface area (Å²) in [5, 5.41) is 20.8. The Hall–Kier alpha value is -2.42. The average molecular weight is 306 g/mol. The van der Waals surface area contributed by atoms with Gasteiger partial charge in [0.25, 0.3) is 5.56 Å². The van der Waals surface area contributed by atoms with Gasteiger partial charge in [-0.1, -0.05) is 5.16 Å². The minimum atomic E-state index is -0.257. The summed E-state index contributed by atoms with van der Waals surface area (Å²) in [6.45, 7) is 5.29. The molecule has 2 heterocycles. The van der Waals surface area contributed by atoms with Crippen LogP contribution in [-0.2, 0) is 0 Å². The normalized spacial score (nSPS) is 11.7. The summed E-state index contributed by atoms with van der Waals surface area (Å²) in [6.07, 6.45) is 0. The summed E-state index contributed by atoms with van der Waals surface area (Å²) in [6, 6.07) is 1.39. The molecular formula is C12H14N6O2S. The molecule has 0 aliphatic heterocycles. The van der Waals surface area contributed by atoms with Gasteiger partial charge in [-0.3, -0.25) is 4.79 Å². The van der Waals surface area contributed by atoms with E-state index < -0.39 is 0 Å². The molecule has 2 aromatic heterocycles. The van der Waals surface area contributed by atoms with Gasteiger partial charge in [0.1, 0.15) is 5.03 Å². The number of amidine groups is 1. The Morgan fingerprint density at radius 3 is 2.71 bits per heavy atom. The van der Waals surface area contributed by atoms with Gasteiger partial charge in [0.15, 0.2) is 11.0 Å². The number of nitrogens with two attached hydrogens (primary N) is 1. The number of rotatable bonds is 3. The molecule has 9 heteroatoms. The highest BCUT2D eigenvalue weighted by Crippen LogP contribution is 2.27. The minimum absolute atomic E-state index is 0.0667. The molecule has 0 saturated heterocycles. The number of hydrogen-bond acceptors (Lipinski definition) is 7. The van der Waals surface area contributed by atoms with Crippen LogP contribution in [0.1, 0.15) is 22.5 Å². The second-order valence-electron chi connectivity index (χ2n) is 4.37. The molecular weight excluding hydrogens is 292 g/mol. The highest BCUT2D eigenvalue weighted by Gasteiger charge is 2.17. The molecule has 0 radical (unpaired) electrons. The summed E-state index contributed by atoms with van der Waals surface area (Å²) in [5.41, 5.74) is 7.93. The molecule has 110 valence electrons. The maximum atomic E-state index is 11.5. The van der Waals surface area contributed by atoms with Gasteiger partial charge in [0.05, 0.1) is 11.3 Å². The van der Waals surface area contributed by atoms with E-state index >= 15 is 0 Å². The van der Waals surface area contributed by atoms with Crippen molar-refractivity contribution in [1.82, 2.24) is 20.2 Å². The zero-order valence-electron chi connectivity index (χ0n) is 11.7. The van der Waals surface area contributed by atoms with Crippen molar-refractivity contribution in [3.63, 3.8) is 0 Å². The highest BCUT2D eigenvalue weighted by molar-refractivity contribution is 7.99. The molecule has 2 rings (SSSR count). The second-order valence-corrected chi connectivity index (χ2v) is 5.35. The van der Waals surface area contributed by atoms with Crippen molar-refractivity contribution >= 4 is 17.6 Å². The van der Waals surface area contributed by atoms with Crippen molar-refractivity contribution in [3.05, 3.63) is 38.9 Å². The van der Waals surface area contributed by atoms with Gasteiger partial charge in [0.2, 0.25) is 0 Å². The first-order valence-corrected chi connectivity index (χ1v) is 6.81. The van der Waals surface area contributed by atoms with Crippen molar-refractivity contribution < 1.29 is 5.21 Å². The number of aryl methyl sites for hydroxylation is 2. The fourth-order valence-electron chi connectivity index (χ4n) is 1.70. The van der Waals surface area contributed by atoms with Gasteiger partial charge in [0, 0.05) is 11.8 Å². The van der Waals surface area contributed by atoms with Gasteiger partial charge < -0.3 is 15.9 Å². The monoisotopic (exact) mass is 306 g/mol. The molecule has 0 amide bonds. The van der Waals surface area contributed by atoms with E-state index in [1.165, 1.54) is 6.07 Å². The first-order valence-electron chi connectivity index (χ1n) is 6.00. The molecule has 0 aliphatic carbocycles. The zero-order chi connectivity index (χ0) is 15.6. The first kappa shape index (κ1) is 15.0. The van der Waals surface area contributed by atoms with Crippen LogP contribution in [0.15, 0.2) is 26.2 Å². The van der Waals surface area contributed by atoms with Crippen LogP contribution in [0.25, 0.3) is 0 Å². The van der Waals surface area contributed by atoms with Crippen LogP contribution in [0.5, 0.6) is 0 Å². The van der Waals surface area contributed by atoms with Crippen molar-refractivity contribution in [1.29, 1.82) is 0 Å². The molecule has 0 aromatic carbocycles. The molecule has 2 aromatic rings. The maximum Gasteiger partial charge on any atom is 0.251 e. The summed E-state index contributed by atoms with van der Waals surface area (Å²) in [7, 11) is 0. The number of nitrogens with zero attached hydrogens (tertiary/aromatic N) is 4.